The summed E-state index contributed by atoms with van der Waals surface area (Å²) in [6, 6.07) is 13.1. The highest BCUT2D eigenvalue weighted by molar-refractivity contribution is 5.99. The number of halogens is 1. The van der Waals surface area contributed by atoms with Gasteiger partial charge in [-0.05, 0) is 49.7 Å². The summed E-state index contributed by atoms with van der Waals surface area (Å²) in [5, 5.41) is 7.65. The molecule has 1 N–H and O–H groups in total. The fraction of sp³-hybridized carbons (Fsp3) is 0.320. The van der Waals surface area contributed by atoms with Crippen molar-refractivity contribution in [1.82, 2.24) is 14.7 Å². The Morgan fingerprint density at radius 2 is 1.72 bits per heavy atom. The topological polar surface area (TPSA) is 67.2 Å². The Labute approximate surface area is 188 Å². The maximum atomic E-state index is 13.1. The van der Waals surface area contributed by atoms with Gasteiger partial charge in [-0.1, -0.05) is 38.5 Å². The van der Waals surface area contributed by atoms with Gasteiger partial charge in [0.2, 0.25) is 5.91 Å². The number of likely N-dealkylation sites (N-methyl/N-ethyl adjacent to an activating group) is 1. The highest BCUT2D eigenvalue weighted by atomic mass is 19.1. The molecule has 168 valence electrons. The van der Waals surface area contributed by atoms with Gasteiger partial charge in [0.05, 0.1) is 17.9 Å². The van der Waals surface area contributed by atoms with Crippen molar-refractivity contribution in [3.8, 4) is 5.69 Å². The van der Waals surface area contributed by atoms with Crippen molar-refractivity contribution in [2.45, 2.75) is 40.0 Å². The van der Waals surface area contributed by atoms with E-state index in [1.165, 1.54) is 36.2 Å². The highest BCUT2D eigenvalue weighted by Crippen LogP contribution is 2.27. The van der Waals surface area contributed by atoms with Crippen molar-refractivity contribution < 1.29 is 14.0 Å². The molecule has 0 atom stereocenters. The Morgan fingerprint density at radius 3 is 2.31 bits per heavy atom. The van der Waals surface area contributed by atoms with Crippen LogP contribution in [0.3, 0.4) is 0 Å². The molecule has 0 radical (unpaired) electrons. The van der Waals surface area contributed by atoms with E-state index in [0.29, 0.717) is 11.4 Å². The van der Waals surface area contributed by atoms with Crippen LogP contribution in [0.2, 0.25) is 0 Å². The van der Waals surface area contributed by atoms with Crippen LogP contribution >= 0.6 is 0 Å². The molecule has 32 heavy (non-hydrogen) atoms. The summed E-state index contributed by atoms with van der Waals surface area (Å²) in [6.07, 6.45) is 0. The van der Waals surface area contributed by atoms with Crippen LogP contribution in [0.1, 0.15) is 48.0 Å². The monoisotopic (exact) mass is 436 g/mol. The average molecular weight is 437 g/mol. The van der Waals surface area contributed by atoms with Crippen molar-refractivity contribution in [2.24, 2.45) is 0 Å². The van der Waals surface area contributed by atoms with Crippen molar-refractivity contribution in [3.63, 3.8) is 0 Å². The Balaban J connectivity index is 1.84. The van der Waals surface area contributed by atoms with E-state index in [1.807, 2.05) is 32.0 Å². The third-order valence-corrected chi connectivity index (χ3v) is 5.14. The van der Waals surface area contributed by atoms with E-state index in [-0.39, 0.29) is 23.8 Å². The molecule has 0 aliphatic rings. The number of aryl methyl sites for hydroxylation is 2. The molecule has 7 heteroatoms. The summed E-state index contributed by atoms with van der Waals surface area (Å²) < 4.78 is 14.9. The number of carbonyl (C=O) groups is 2. The average Bonchev–Trinajstić information content (AvgIpc) is 3.11. The molecule has 0 bridgehead atoms. The number of rotatable bonds is 5. The molecule has 1 heterocycles. The maximum absolute atomic E-state index is 13.1. The number of nitrogens with one attached hydrogen (secondary N) is 1. The molecule has 0 saturated carbocycles. The lowest BCUT2D eigenvalue weighted by Gasteiger charge is -2.17. The Bertz CT molecular complexity index is 1140. The first-order chi connectivity index (χ1) is 15.0. The Morgan fingerprint density at radius 1 is 1.06 bits per heavy atom. The van der Waals surface area contributed by atoms with E-state index in [9.17, 15) is 14.0 Å². The third-order valence-electron chi connectivity index (χ3n) is 5.14. The zero-order valence-electron chi connectivity index (χ0n) is 19.4. The summed E-state index contributed by atoms with van der Waals surface area (Å²) in [5.41, 5.74) is 3.99. The SMILES string of the molecule is Cc1ccc(-n2nc(C(C)(C)C)cc2NC(=O)CN(C)C(=O)c2ccc(F)cc2)c(C)c1. The molecule has 0 fully saturated rings. The largest absolute Gasteiger partial charge is 0.332 e. The second-order valence-corrected chi connectivity index (χ2v) is 9.08. The number of aromatic nitrogens is 2. The number of carbonyl (C=O) groups excluding carboxylic acids is 2. The van der Waals surface area contributed by atoms with Gasteiger partial charge in [-0.25, -0.2) is 9.07 Å². The quantitative estimate of drug-likeness (QED) is 0.634. The highest BCUT2D eigenvalue weighted by Gasteiger charge is 2.23. The molecule has 0 aliphatic heterocycles. The molecule has 0 spiro atoms. The van der Waals surface area contributed by atoms with Crippen LogP contribution in [0, 0.1) is 19.7 Å². The lowest BCUT2D eigenvalue weighted by atomic mass is 9.92. The van der Waals surface area contributed by atoms with E-state index in [4.69, 9.17) is 5.10 Å². The predicted octanol–water partition coefficient (Wildman–Crippen LogP) is 4.64. The number of hydrogen-bond acceptors (Lipinski definition) is 3. The van der Waals surface area contributed by atoms with Gasteiger partial charge < -0.3 is 10.2 Å². The van der Waals surface area contributed by atoms with Gasteiger partial charge in [0.25, 0.3) is 5.91 Å². The van der Waals surface area contributed by atoms with Crippen LogP contribution in [-0.4, -0.2) is 40.1 Å². The number of amides is 2. The van der Waals surface area contributed by atoms with Crippen molar-refractivity contribution in [1.29, 1.82) is 0 Å². The number of benzene rings is 2. The lowest BCUT2D eigenvalue weighted by Crippen LogP contribution is -2.35. The summed E-state index contributed by atoms with van der Waals surface area (Å²) >= 11 is 0. The maximum Gasteiger partial charge on any atom is 0.254 e. The fourth-order valence-corrected chi connectivity index (χ4v) is 3.35. The van der Waals surface area contributed by atoms with Crippen LogP contribution in [0.5, 0.6) is 0 Å². The molecule has 0 aliphatic carbocycles. The number of nitrogens with zero attached hydrogens (tertiary/aromatic N) is 3. The van der Waals surface area contributed by atoms with Gasteiger partial charge in [-0.2, -0.15) is 5.10 Å². The Kier molecular flexibility index (Phi) is 6.48. The molecule has 3 aromatic rings. The van der Waals surface area contributed by atoms with Gasteiger partial charge in [0.15, 0.2) is 0 Å². The van der Waals surface area contributed by atoms with Crippen LogP contribution in [0.25, 0.3) is 5.69 Å². The van der Waals surface area contributed by atoms with Crippen LogP contribution in [0.4, 0.5) is 10.2 Å². The van der Waals surface area contributed by atoms with Gasteiger partial charge in [-0.15, -0.1) is 0 Å². The number of anilines is 1. The van der Waals surface area contributed by atoms with Crippen LogP contribution in [0.15, 0.2) is 48.5 Å². The van der Waals surface area contributed by atoms with Gasteiger partial charge in [-0.3, -0.25) is 9.59 Å². The van der Waals surface area contributed by atoms with Crippen LogP contribution in [-0.2, 0) is 10.2 Å². The van der Waals surface area contributed by atoms with Gasteiger partial charge in [0.1, 0.15) is 11.6 Å². The minimum Gasteiger partial charge on any atom is -0.332 e. The zero-order chi connectivity index (χ0) is 23.6. The first-order valence-electron chi connectivity index (χ1n) is 10.4. The molecule has 3 rings (SSSR count). The molecular weight excluding hydrogens is 407 g/mol. The molecule has 6 nitrogen and oxygen atoms in total. The van der Waals surface area contributed by atoms with Crippen LogP contribution < -0.4 is 5.32 Å². The first kappa shape index (κ1) is 23.2. The van der Waals surface area contributed by atoms with Crippen molar-refractivity contribution in [3.05, 3.63) is 76.7 Å². The third kappa shape index (κ3) is 5.22. The van der Waals surface area contributed by atoms with E-state index < -0.39 is 5.82 Å². The fourth-order valence-electron chi connectivity index (χ4n) is 3.35. The Hall–Kier alpha value is -3.48. The first-order valence-corrected chi connectivity index (χ1v) is 10.4. The molecular formula is C25H29FN4O2. The molecule has 2 aromatic carbocycles. The van der Waals surface area contributed by atoms with E-state index in [0.717, 1.165) is 22.5 Å². The van der Waals surface area contributed by atoms with E-state index in [1.54, 1.807) is 4.68 Å². The second kappa shape index (κ2) is 8.94. The molecule has 2 amide bonds. The minimum absolute atomic E-state index is 0.154. The molecule has 1 aromatic heterocycles. The zero-order valence-corrected chi connectivity index (χ0v) is 19.4. The predicted molar refractivity (Wildman–Crippen MR) is 124 cm³/mol. The molecule has 0 saturated heterocycles. The minimum atomic E-state index is -0.420. The van der Waals surface area contributed by atoms with Gasteiger partial charge in [0, 0.05) is 24.1 Å². The summed E-state index contributed by atoms with van der Waals surface area (Å²) in [4.78, 5) is 26.6. The summed E-state index contributed by atoms with van der Waals surface area (Å²) in [7, 11) is 1.53. The van der Waals surface area contributed by atoms with E-state index >= 15 is 0 Å². The number of hydrogen-bond donors (Lipinski definition) is 1. The van der Waals surface area contributed by atoms with Gasteiger partial charge >= 0.3 is 0 Å². The smallest absolute Gasteiger partial charge is 0.254 e. The van der Waals surface area contributed by atoms with Crippen molar-refractivity contribution in [2.75, 3.05) is 18.9 Å². The van der Waals surface area contributed by atoms with E-state index in [2.05, 4.69) is 32.2 Å². The summed E-state index contributed by atoms with van der Waals surface area (Å²) in [5.74, 6) is -0.599. The standard InChI is InChI=1S/C25H29FN4O2/c1-16-7-12-20(17(2)13-16)30-22(14-21(28-30)25(3,4)5)27-23(31)15-29(6)24(32)18-8-10-19(26)11-9-18/h7-14H,15H2,1-6H3,(H,27,31). The van der Waals surface area contributed by atoms with Crippen molar-refractivity contribution >= 4 is 17.6 Å². The second-order valence-electron chi connectivity index (χ2n) is 9.08. The normalized spacial score (nSPS) is 11.3. The lowest BCUT2D eigenvalue weighted by molar-refractivity contribution is -0.116. The summed E-state index contributed by atoms with van der Waals surface area (Å²) in [6.45, 7) is 10.0. The molecule has 0 unspecified atom stereocenters.